The van der Waals surface area contributed by atoms with Crippen LogP contribution in [0.5, 0.6) is 0 Å². The van der Waals surface area contributed by atoms with Crippen molar-refractivity contribution in [2.45, 2.75) is 6.42 Å². The Morgan fingerprint density at radius 3 is 2.56 bits per heavy atom. The van der Waals surface area contributed by atoms with Crippen LogP contribution in [-0.2, 0) is 10.0 Å². The predicted octanol–water partition coefficient (Wildman–Crippen LogP) is 1.08. The van der Waals surface area contributed by atoms with Crippen LogP contribution in [0.4, 0.5) is 5.69 Å². The van der Waals surface area contributed by atoms with Crippen LogP contribution in [0.3, 0.4) is 0 Å². The predicted molar refractivity (Wildman–Crippen MR) is 101 cm³/mol. The van der Waals surface area contributed by atoms with E-state index < -0.39 is 10.0 Å². The normalized spacial score (nSPS) is 16.6. The molecule has 1 aliphatic rings. The number of nitrogens with one attached hydrogen (secondary N) is 2. The van der Waals surface area contributed by atoms with Crippen LogP contribution in [0.25, 0.3) is 0 Å². The van der Waals surface area contributed by atoms with Crippen molar-refractivity contribution in [1.82, 2.24) is 15.1 Å². The summed E-state index contributed by atoms with van der Waals surface area (Å²) in [5, 5.41) is 3.21. The summed E-state index contributed by atoms with van der Waals surface area (Å²) in [6.07, 6.45) is 1.88. The quantitative estimate of drug-likeness (QED) is 0.683. The number of carbonyl (C=O) groups is 1. The molecule has 0 bridgehead atoms. The molecule has 1 saturated heterocycles. The molecule has 1 amide bonds. The van der Waals surface area contributed by atoms with E-state index in [-0.39, 0.29) is 17.2 Å². The number of piperazine rings is 1. The Morgan fingerprint density at radius 1 is 1.24 bits per heavy atom. The SMILES string of the molecule is CN1CCN(CCCNC(=O)c2cc(Cl)ccc2NS(C)(=O)=O)CC1. The van der Waals surface area contributed by atoms with Gasteiger partial charge in [-0.25, -0.2) is 8.42 Å². The lowest BCUT2D eigenvalue weighted by Crippen LogP contribution is -2.45. The molecule has 7 nitrogen and oxygen atoms in total. The van der Waals surface area contributed by atoms with Gasteiger partial charge in [0, 0.05) is 37.7 Å². The van der Waals surface area contributed by atoms with Gasteiger partial charge in [0.2, 0.25) is 10.0 Å². The van der Waals surface area contributed by atoms with E-state index in [1.807, 2.05) is 0 Å². The minimum Gasteiger partial charge on any atom is -0.352 e. The van der Waals surface area contributed by atoms with E-state index in [9.17, 15) is 13.2 Å². The van der Waals surface area contributed by atoms with Gasteiger partial charge in [-0.3, -0.25) is 9.52 Å². The van der Waals surface area contributed by atoms with Gasteiger partial charge in [0.05, 0.1) is 17.5 Å². The van der Waals surface area contributed by atoms with Crippen molar-refractivity contribution in [3.8, 4) is 0 Å². The van der Waals surface area contributed by atoms with E-state index in [0.717, 1.165) is 45.4 Å². The number of rotatable bonds is 7. The molecule has 0 atom stereocenters. The summed E-state index contributed by atoms with van der Waals surface area (Å²) in [6.45, 7) is 5.67. The molecule has 0 radical (unpaired) electrons. The minimum atomic E-state index is -3.47. The maximum absolute atomic E-state index is 12.4. The number of hydrogen-bond acceptors (Lipinski definition) is 5. The summed E-state index contributed by atoms with van der Waals surface area (Å²) in [6, 6.07) is 4.49. The lowest BCUT2D eigenvalue weighted by atomic mass is 10.1. The zero-order valence-corrected chi connectivity index (χ0v) is 16.2. The number of likely N-dealkylation sites (N-methyl/N-ethyl adjacent to an activating group) is 1. The van der Waals surface area contributed by atoms with Gasteiger partial charge in [-0.15, -0.1) is 0 Å². The first-order valence-electron chi connectivity index (χ1n) is 8.21. The smallest absolute Gasteiger partial charge is 0.253 e. The third kappa shape index (κ3) is 6.81. The van der Waals surface area contributed by atoms with Crippen LogP contribution >= 0.6 is 11.6 Å². The number of carbonyl (C=O) groups excluding carboxylic acids is 1. The maximum atomic E-state index is 12.4. The summed E-state index contributed by atoms with van der Waals surface area (Å²) < 4.78 is 25.2. The molecule has 0 aromatic heterocycles. The van der Waals surface area contributed by atoms with Crippen molar-refractivity contribution in [1.29, 1.82) is 0 Å². The van der Waals surface area contributed by atoms with Gasteiger partial charge in [-0.1, -0.05) is 11.6 Å². The Balaban J connectivity index is 1.87. The van der Waals surface area contributed by atoms with E-state index in [1.54, 1.807) is 6.07 Å². The van der Waals surface area contributed by atoms with Crippen LogP contribution in [0, 0.1) is 0 Å². The lowest BCUT2D eigenvalue weighted by molar-refractivity contribution is 0.0950. The first-order chi connectivity index (χ1) is 11.7. The van der Waals surface area contributed by atoms with Crippen LogP contribution < -0.4 is 10.0 Å². The number of amides is 1. The second-order valence-corrected chi connectivity index (χ2v) is 8.50. The average Bonchev–Trinajstić information content (AvgIpc) is 2.53. The highest BCUT2D eigenvalue weighted by molar-refractivity contribution is 7.92. The highest BCUT2D eigenvalue weighted by Crippen LogP contribution is 2.21. The monoisotopic (exact) mass is 388 g/mol. The van der Waals surface area contributed by atoms with Crippen molar-refractivity contribution in [2.75, 3.05) is 57.3 Å². The van der Waals surface area contributed by atoms with E-state index in [2.05, 4.69) is 26.9 Å². The average molecular weight is 389 g/mol. The molecule has 9 heteroatoms. The lowest BCUT2D eigenvalue weighted by Gasteiger charge is -2.32. The fourth-order valence-corrected chi connectivity index (χ4v) is 3.41. The van der Waals surface area contributed by atoms with E-state index in [4.69, 9.17) is 11.6 Å². The van der Waals surface area contributed by atoms with Gasteiger partial charge in [0.25, 0.3) is 5.91 Å². The van der Waals surface area contributed by atoms with E-state index in [0.29, 0.717) is 11.6 Å². The number of nitrogens with zero attached hydrogens (tertiary/aromatic N) is 2. The van der Waals surface area contributed by atoms with E-state index >= 15 is 0 Å². The molecule has 2 rings (SSSR count). The molecular weight excluding hydrogens is 364 g/mol. The first-order valence-corrected chi connectivity index (χ1v) is 10.5. The highest BCUT2D eigenvalue weighted by Gasteiger charge is 2.16. The molecule has 0 saturated carbocycles. The molecule has 1 heterocycles. The van der Waals surface area contributed by atoms with Gasteiger partial charge >= 0.3 is 0 Å². The van der Waals surface area contributed by atoms with Gasteiger partial charge in [-0.05, 0) is 38.2 Å². The summed E-state index contributed by atoms with van der Waals surface area (Å²) in [5.41, 5.74) is 0.445. The van der Waals surface area contributed by atoms with Crippen LogP contribution in [0.1, 0.15) is 16.8 Å². The second kappa shape index (κ2) is 8.84. The van der Waals surface area contributed by atoms with E-state index in [1.165, 1.54) is 12.1 Å². The van der Waals surface area contributed by atoms with Gasteiger partial charge < -0.3 is 15.1 Å². The molecule has 1 aromatic carbocycles. The number of anilines is 1. The topological polar surface area (TPSA) is 81.8 Å². The third-order valence-corrected chi connectivity index (χ3v) is 4.88. The number of benzene rings is 1. The Morgan fingerprint density at radius 2 is 1.92 bits per heavy atom. The molecule has 1 aliphatic heterocycles. The Bertz CT molecular complexity index is 703. The summed E-state index contributed by atoms with van der Waals surface area (Å²) in [4.78, 5) is 17.0. The Kier molecular flexibility index (Phi) is 7.06. The van der Waals surface area contributed by atoms with Gasteiger partial charge in [-0.2, -0.15) is 0 Å². The van der Waals surface area contributed by atoms with Gasteiger partial charge in [0.1, 0.15) is 0 Å². The fourth-order valence-electron chi connectivity index (χ4n) is 2.66. The van der Waals surface area contributed by atoms with Crippen LogP contribution in [-0.4, -0.2) is 76.7 Å². The maximum Gasteiger partial charge on any atom is 0.253 e. The molecule has 1 fully saturated rings. The van der Waals surface area contributed by atoms with Gasteiger partial charge in [0.15, 0.2) is 0 Å². The molecular formula is C16H25ClN4O3S. The molecule has 0 aliphatic carbocycles. The second-order valence-electron chi connectivity index (χ2n) is 6.32. The first kappa shape index (κ1) is 20.0. The summed E-state index contributed by atoms with van der Waals surface area (Å²) in [5.74, 6) is -0.341. The standard InChI is InChI=1S/C16H25ClN4O3S/c1-20-8-10-21(11-9-20)7-3-6-18-16(22)14-12-13(17)4-5-15(14)19-25(2,23)24/h4-5,12,19H,3,6-11H2,1-2H3,(H,18,22). The number of halogens is 1. The zero-order valence-electron chi connectivity index (χ0n) is 14.6. The molecule has 140 valence electrons. The molecule has 2 N–H and O–H groups in total. The molecule has 25 heavy (non-hydrogen) atoms. The Hall–Kier alpha value is -1.35. The van der Waals surface area contributed by atoms with Crippen molar-refractivity contribution in [2.24, 2.45) is 0 Å². The fraction of sp³-hybridized carbons (Fsp3) is 0.562. The third-order valence-electron chi connectivity index (χ3n) is 4.05. The van der Waals surface area contributed by atoms with Crippen LogP contribution in [0.15, 0.2) is 18.2 Å². The summed E-state index contributed by atoms with van der Waals surface area (Å²) >= 11 is 5.94. The number of hydrogen-bond donors (Lipinski definition) is 2. The van der Waals surface area contributed by atoms with Crippen molar-refractivity contribution in [3.05, 3.63) is 28.8 Å². The van der Waals surface area contributed by atoms with Crippen LogP contribution in [0.2, 0.25) is 5.02 Å². The van der Waals surface area contributed by atoms with Crippen molar-refractivity contribution < 1.29 is 13.2 Å². The number of sulfonamides is 1. The molecule has 0 unspecified atom stereocenters. The van der Waals surface area contributed by atoms with Crippen molar-refractivity contribution >= 4 is 33.2 Å². The highest BCUT2D eigenvalue weighted by atomic mass is 35.5. The zero-order chi connectivity index (χ0) is 18.4. The molecule has 1 aromatic rings. The largest absolute Gasteiger partial charge is 0.352 e. The van der Waals surface area contributed by atoms with Crippen molar-refractivity contribution in [3.63, 3.8) is 0 Å². The Labute approximate surface area is 154 Å². The molecule has 0 spiro atoms. The summed E-state index contributed by atoms with van der Waals surface area (Å²) in [7, 11) is -1.36. The minimum absolute atomic E-state index is 0.220.